The van der Waals surface area contributed by atoms with E-state index < -0.39 is 5.77 Å². The second-order valence-corrected chi connectivity index (χ2v) is 12.3. The summed E-state index contributed by atoms with van der Waals surface area (Å²) in [6.07, 6.45) is 4.47. The first kappa shape index (κ1) is 17.9. The van der Waals surface area contributed by atoms with Crippen LogP contribution in [0.2, 0.25) is 0 Å². The molecule has 2 nitrogen and oxygen atoms in total. The predicted octanol–water partition coefficient (Wildman–Crippen LogP) is 5.97. The first-order valence-corrected chi connectivity index (χ1v) is 11.2. The Labute approximate surface area is 115 Å². The fourth-order valence-corrected chi connectivity index (χ4v) is 11.2. The van der Waals surface area contributed by atoms with Gasteiger partial charge in [0.2, 0.25) is 0 Å². The molecule has 0 aromatic rings. The second-order valence-electron chi connectivity index (χ2n) is 4.27. The number of rotatable bonds is 10. The van der Waals surface area contributed by atoms with Gasteiger partial charge in [-0.3, -0.25) is 4.57 Å². The van der Waals surface area contributed by atoms with E-state index in [2.05, 4.69) is 27.7 Å². The normalized spacial score (nSPS) is 18.6. The van der Waals surface area contributed by atoms with Gasteiger partial charge in [0.05, 0.1) is 6.61 Å². The zero-order valence-corrected chi connectivity index (χ0v) is 14.3. The molecule has 0 heterocycles. The molecule has 2 unspecified atom stereocenters. The summed E-state index contributed by atoms with van der Waals surface area (Å²) < 4.78 is 18.2. The van der Waals surface area contributed by atoms with E-state index in [0.29, 0.717) is 17.1 Å². The van der Waals surface area contributed by atoms with Gasteiger partial charge in [-0.1, -0.05) is 63.3 Å². The summed E-state index contributed by atoms with van der Waals surface area (Å²) in [5, 5.41) is 0.831. The van der Waals surface area contributed by atoms with Gasteiger partial charge in [-0.25, -0.2) is 0 Å². The number of hydrogen-bond donors (Lipinski definition) is 0. The standard InChI is InChI=1S/C12H27O2PS2/c1-6-9-11(4)16-15(13,14-8-3)17-12(5)10-7-2/h11-12H,6-10H2,1-5H3. The SMILES string of the molecule is CCCC(C)SP(=O)(OCC)SC(C)CCC. The first-order valence-electron chi connectivity index (χ1n) is 6.58. The van der Waals surface area contributed by atoms with E-state index >= 15 is 0 Å². The summed E-state index contributed by atoms with van der Waals surface area (Å²) in [5.41, 5.74) is 0. The van der Waals surface area contributed by atoms with Crippen LogP contribution in [-0.4, -0.2) is 17.1 Å². The molecule has 17 heavy (non-hydrogen) atoms. The van der Waals surface area contributed by atoms with Gasteiger partial charge in [0, 0.05) is 10.5 Å². The third-order valence-electron chi connectivity index (χ3n) is 2.30. The second kappa shape index (κ2) is 9.77. The topological polar surface area (TPSA) is 26.3 Å². The average molecular weight is 298 g/mol. The molecule has 0 amide bonds. The minimum atomic E-state index is -2.56. The van der Waals surface area contributed by atoms with Crippen molar-refractivity contribution in [2.45, 2.75) is 70.8 Å². The van der Waals surface area contributed by atoms with Crippen molar-refractivity contribution in [1.29, 1.82) is 0 Å². The van der Waals surface area contributed by atoms with Crippen LogP contribution >= 0.6 is 28.5 Å². The third-order valence-corrected chi connectivity index (χ3v) is 10.5. The third kappa shape index (κ3) is 8.58. The molecule has 104 valence electrons. The van der Waals surface area contributed by atoms with Gasteiger partial charge in [0.25, 0.3) is 0 Å². The minimum absolute atomic E-state index is 0.415. The van der Waals surface area contributed by atoms with Gasteiger partial charge < -0.3 is 4.52 Å². The highest BCUT2D eigenvalue weighted by molar-refractivity contribution is 8.89. The molecule has 0 aliphatic heterocycles. The summed E-state index contributed by atoms with van der Waals surface area (Å²) in [4.78, 5) is 0. The van der Waals surface area contributed by atoms with Gasteiger partial charge in [-0.15, -0.1) is 0 Å². The van der Waals surface area contributed by atoms with Gasteiger partial charge in [-0.05, 0) is 19.8 Å². The van der Waals surface area contributed by atoms with Crippen molar-refractivity contribution >= 4 is 28.5 Å². The zero-order valence-electron chi connectivity index (χ0n) is 11.8. The monoisotopic (exact) mass is 298 g/mol. The van der Waals surface area contributed by atoms with E-state index in [4.69, 9.17) is 4.52 Å². The maximum absolute atomic E-state index is 12.7. The van der Waals surface area contributed by atoms with Crippen LogP contribution in [0.25, 0.3) is 0 Å². The molecular weight excluding hydrogens is 271 g/mol. The predicted molar refractivity (Wildman–Crippen MR) is 83.2 cm³/mol. The maximum atomic E-state index is 12.7. The van der Waals surface area contributed by atoms with Gasteiger partial charge in [-0.2, -0.15) is 0 Å². The summed E-state index contributed by atoms with van der Waals surface area (Å²) in [6.45, 7) is 11.1. The molecule has 0 fully saturated rings. The Morgan fingerprint density at radius 1 is 1.00 bits per heavy atom. The van der Waals surface area contributed by atoms with Crippen molar-refractivity contribution in [1.82, 2.24) is 0 Å². The van der Waals surface area contributed by atoms with Crippen molar-refractivity contribution in [2.24, 2.45) is 0 Å². The maximum Gasteiger partial charge on any atom is 0.313 e. The molecule has 2 atom stereocenters. The highest BCUT2D eigenvalue weighted by Crippen LogP contribution is 2.72. The van der Waals surface area contributed by atoms with Crippen molar-refractivity contribution < 1.29 is 9.09 Å². The zero-order chi connectivity index (χ0) is 13.3. The van der Waals surface area contributed by atoms with E-state index in [1.807, 2.05) is 6.92 Å². The lowest BCUT2D eigenvalue weighted by atomic mass is 10.3. The van der Waals surface area contributed by atoms with E-state index in [9.17, 15) is 4.57 Å². The quantitative estimate of drug-likeness (QED) is 0.464. The lowest BCUT2D eigenvalue weighted by Gasteiger charge is -2.22. The molecule has 0 N–H and O–H groups in total. The first-order chi connectivity index (χ1) is 7.97. The van der Waals surface area contributed by atoms with Crippen molar-refractivity contribution in [2.75, 3.05) is 6.61 Å². The van der Waals surface area contributed by atoms with Gasteiger partial charge in [0.15, 0.2) is 0 Å². The Kier molecular flexibility index (Phi) is 10.3. The summed E-state index contributed by atoms with van der Waals surface area (Å²) >= 11 is 3.09. The summed E-state index contributed by atoms with van der Waals surface area (Å²) in [6, 6.07) is 0. The molecule has 0 aliphatic rings. The highest BCUT2D eigenvalue weighted by atomic mass is 33.1. The van der Waals surface area contributed by atoms with Crippen LogP contribution in [0.3, 0.4) is 0 Å². The number of hydrogen-bond acceptors (Lipinski definition) is 4. The molecular formula is C12H27O2PS2. The molecule has 0 aromatic carbocycles. The van der Waals surface area contributed by atoms with E-state index in [0.717, 1.165) is 25.7 Å². The molecule has 0 rings (SSSR count). The van der Waals surface area contributed by atoms with E-state index in [-0.39, 0.29) is 0 Å². The van der Waals surface area contributed by atoms with E-state index in [1.165, 1.54) is 0 Å². The molecule has 0 spiro atoms. The molecule has 0 saturated heterocycles. The van der Waals surface area contributed by atoms with Crippen molar-refractivity contribution in [3.05, 3.63) is 0 Å². The van der Waals surface area contributed by atoms with Crippen molar-refractivity contribution in [3.63, 3.8) is 0 Å². The smallest absolute Gasteiger partial charge is 0.313 e. The molecule has 0 bridgehead atoms. The Balaban J connectivity index is 4.38. The summed E-state index contributed by atoms with van der Waals surface area (Å²) in [7, 11) is 0. The van der Waals surface area contributed by atoms with Crippen LogP contribution in [-0.2, 0) is 9.09 Å². The van der Waals surface area contributed by atoms with Crippen LogP contribution in [0, 0.1) is 0 Å². The molecule has 0 saturated carbocycles. The molecule has 0 radical (unpaired) electrons. The van der Waals surface area contributed by atoms with Crippen LogP contribution in [0.15, 0.2) is 0 Å². The fourth-order valence-electron chi connectivity index (χ4n) is 1.60. The summed E-state index contributed by atoms with van der Waals surface area (Å²) in [5.74, 6) is -2.56. The Hall–Kier alpha value is 0.890. The fraction of sp³-hybridized carbons (Fsp3) is 1.00. The molecule has 5 heteroatoms. The Morgan fingerprint density at radius 2 is 1.41 bits per heavy atom. The van der Waals surface area contributed by atoms with Gasteiger partial charge >= 0.3 is 5.77 Å². The molecule has 0 aliphatic carbocycles. The van der Waals surface area contributed by atoms with Crippen LogP contribution < -0.4 is 0 Å². The van der Waals surface area contributed by atoms with Crippen molar-refractivity contribution in [3.8, 4) is 0 Å². The Morgan fingerprint density at radius 3 is 1.71 bits per heavy atom. The van der Waals surface area contributed by atoms with Gasteiger partial charge in [0.1, 0.15) is 0 Å². The highest BCUT2D eigenvalue weighted by Gasteiger charge is 2.29. The lowest BCUT2D eigenvalue weighted by Crippen LogP contribution is -1.99. The van der Waals surface area contributed by atoms with Crippen LogP contribution in [0.1, 0.15) is 60.3 Å². The minimum Gasteiger partial charge on any atom is -0.314 e. The van der Waals surface area contributed by atoms with Crippen LogP contribution in [0.4, 0.5) is 0 Å². The molecule has 0 aromatic heterocycles. The average Bonchev–Trinajstić information content (AvgIpc) is 2.17. The lowest BCUT2D eigenvalue weighted by molar-refractivity contribution is 0.357. The van der Waals surface area contributed by atoms with Crippen LogP contribution in [0.5, 0.6) is 0 Å². The van der Waals surface area contributed by atoms with E-state index in [1.54, 1.807) is 22.8 Å². The largest absolute Gasteiger partial charge is 0.314 e. The Bertz CT molecular complexity index is 219.